The van der Waals surface area contributed by atoms with Crippen LogP contribution >= 0.6 is 15.9 Å². The molecule has 0 atom stereocenters. The Morgan fingerprint density at radius 1 is 1.03 bits per heavy atom. The van der Waals surface area contributed by atoms with Crippen LogP contribution in [0.1, 0.15) is 5.56 Å². The first-order chi connectivity index (χ1) is 16.1. The Bertz CT molecular complexity index is 1390. The van der Waals surface area contributed by atoms with Gasteiger partial charge in [-0.25, -0.2) is 4.98 Å². The van der Waals surface area contributed by atoms with Gasteiger partial charge in [0.2, 0.25) is 0 Å². The summed E-state index contributed by atoms with van der Waals surface area (Å²) in [5.41, 5.74) is 5.75. The van der Waals surface area contributed by atoms with E-state index in [1.165, 1.54) is 12.3 Å². The molecule has 0 aliphatic carbocycles. The topological polar surface area (TPSA) is 98.9 Å². The number of hydrogen-bond donors (Lipinski definition) is 1. The summed E-state index contributed by atoms with van der Waals surface area (Å²) >= 11 is 3.50. The van der Waals surface area contributed by atoms with Crippen LogP contribution in [-0.4, -0.2) is 29.3 Å². The summed E-state index contributed by atoms with van der Waals surface area (Å²) in [7, 11) is 0. The normalized spacial score (nSPS) is 12.8. The van der Waals surface area contributed by atoms with Gasteiger partial charge in [-0.1, -0.05) is 46.3 Å². The van der Waals surface area contributed by atoms with E-state index in [4.69, 9.17) is 14.5 Å². The smallest absolute Gasteiger partial charge is 0.282 e. The summed E-state index contributed by atoms with van der Waals surface area (Å²) in [6.45, 7) is 0.739. The van der Waals surface area contributed by atoms with E-state index in [2.05, 4.69) is 26.5 Å². The van der Waals surface area contributed by atoms with E-state index in [0.29, 0.717) is 36.1 Å². The van der Waals surface area contributed by atoms with Crippen LogP contribution in [0, 0.1) is 10.1 Å². The van der Waals surface area contributed by atoms with Crippen molar-refractivity contribution in [3.8, 4) is 22.6 Å². The fourth-order valence-corrected chi connectivity index (χ4v) is 3.97. The lowest BCUT2D eigenvalue weighted by Crippen LogP contribution is -2.16. The second kappa shape index (κ2) is 8.87. The quantitative estimate of drug-likeness (QED) is 0.210. The molecular formula is C24H17BrN4O4. The maximum Gasteiger partial charge on any atom is 0.282 e. The van der Waals surface area contributed by atoms with E-state index in [1.807, 2.05) is 54.6 Å². The molecule has 3 aromatic carbocycles. The molecule has 5 rings (SSSR count). The van der Waals surface area contributed by atoms with Gasteiger partial charge in [0.25, 0.3) is 5.69 Å². The van der Waals surface area contributed by atoms with Crippen molar-refractivity contribution in [3.63, 3.8) is 0 Å². The molecule has 9 heteroatoms. The molecule has 0 radical (unpaired) electrons. The number of ether oxygens (including phenoxy) is 2. The van der Waals surface area contributed by atoms with E-state index in [0.717, 1.165) is 26.5 Å². The fourth-order valence-electron chi connectivity index (χ4n) is 3.59. The maximum atomic E-state index is 11.6. The maximum absolute atomic E-state index is 11.6. The van der Waals surface area contributed by atoms with Crippen LogP contribution in [0.5, 0.6) is 11.5 Å². The zero-order chi connectivity index (χ0) is 22.8. The Labute approximate surface area is 197 Å². The number of halogens is 1. The van der Waals surface area contributed by atoms with Gasteiger partial charge in [-0.05, 0) is 35.9 Å². The predicted molar refractivity (Wildman–Crippen MR) is 130 cm³/mol. The minimum Gasteiger partial charge on any atom is -0.486 e. The number of aromatic nitrogens is 1. The summed E-state index contributed by atoms with van der Waals surface area (Å²) in [6, 6.07) is 20.6. The molecule has 2 heterocycles. The highest BCUT2D eigenvalue weighted by atomic mass is 79.9. The number of fused-ring (bicyclic) bond motifs is 2. The highest BCUT2D eigenvalue weighted by molar-refractivity contribution is 9.10. The molecule has 0 unspecified atom stereocenters. The summed E-state index contributed by atoms with van der Waals surface area (Å²) in [5, 5.41) is 16.8. The number of nitro groups is 1. The monoisotopic (exact) mass is 504 g/mol. The third-order valence-corrected chi connectivity index (χ3v) is 5.62. The van der Waals surface area contributed by atoms with E-state index in [9.17, 15) is 10.1 Å². The van der Waals surface area contributed by atoms with Gasteiger partial charge in [-0.2, -0.15) is 5.10 Å². The first-order valence-corrected chi connectivity index (χ1v) is 10.9. The summed E-state index contributed by atoms with van der Waals surface area (Å²) in [5.74, 6) is 1.34. The highest BCUT2D eigenvalue weighted by Crippen LogP contribution is 2.36. The zero-order valence-electron chi connectivity index (χ0n) is 17.2. The summed E-state index contributed by atoms with van der Waals surface area (Å²) < 4.78 is 12.0. The first kappa shape index (κ1) is 20.9. The van der Waals surface area contributed by atoms with Crippen LogP contribution in [0.15, 0.2) is 76.3 Å². The number of pyridine rings is 1. The second-order valence-corrected chi connectivity index (χ2v) is 8.19. The third-order valence-electron chi connectivity index (χ3n) is 5.12. The van der Waals surface area contributed by atoms with Gasteiger partial charge in [-0.3, -0.25) is 15.5 Å². The number of anilines is 1. The molecular weight excluding hydrogens is 488 g/mol. The number of rotatable bonds is 5. The second-order valence-electron chi connectivity index (χ2n) is 7.27. The van der Waals surface area contributed by atoms with E-state index in [-0.39, 0.29) is 5.69 Å². The van der Waals surface area contributed by atoms with Gasteiger partial charge >= 0.3 is 0 Å². The third kappa shape index (κ3) is 4.35. The van der Waals surface area contributed by atoms with Crippen LogP contribution in [0.4, 0.5) is 11.5 Å². The van der Waals surface area contributed by atoms with Crippen LogP contribution in [0.25, 0.3) is 22.0 Å². The van der Waals surface area contributed by atoms with Crippen molar-refractivity contribution in [1.29, 1.82) is 0 Å². The molecule has 1 aliphatic rings. The lowest BCUT2D eigenvalue weighted by molar-refractivity contribution is -0.385. The van der Waals surface area contributed by atoms with Crippen molar-refractivity contribution < 1.29 is 14.4 Å². The molecule has 0 fully saturated rings. The average molecular weight is 505 g/mol. The molecule has 33 heavy (non-hydrogen) atoms. The Kier molecular flexibility index (Phi) is 5.62. The molecule has 0 bridgehead atoms. The van der Waals surface area contributed by atoms with Gasteiger partial charge in [0.1, 0.15) is 13.2 Å². The van der Waals surface area contributed by atoms with Gasteiger partial charge in [-0.15, -0.1) is 0 Å². The van der Waals surface area contributed by atoms with Crippen molar-refractivity contribution >= 4 is 44.6 Å². The number of benzene rings is 3. The number of nitro benzene ring substituents is 1. The molecule has 164 valence electrons. The zero-order valence-corrected chi connectivity index (χ0v) is 18.8. The van der Waals surface area contributed by atoms with E-state index < -0.39 is 4.92 Å². The molecule has 4 aromatic rings. The number of hydrogen-bond acceptors (Lipinski definition) is 7. The van der Waals surface area contributed by atoms with Crippen molar-refractivity contribution in [2.45, 2.75) is 0 Å². The molecule has 0 saturated heterocycles. The van der Waals surface area contributed by atoms with Gasteiger partial charge in [0.15, 0.2) is 17.3 Å². The lowest BCUT2D eigenvalue weighted by Gasteiger charge is -2.18. The Morgan fingerprint density at radius 2 is 1.79 bits per heavy atom. The molecule has 8 nitrogen and oxygen atoms in total. The standard InChI is InChI=1S/C24H17BrN4O4/c25-18-6-7-20-16(10-18)11-19(15-4-2-1-3-5-15)24(27-20)28-26-14-17-12-22-23(33-9-8-32-22)13-21(17)29(30)31/h1-7,10-14H,8-9H2,(H,27,28)/b26-14-. The molecule has 1 N–H and O–H groups in total. The Balaban J connectivity index is 1.53. The largest absolute Gasteiger partial charge is 0.486 e. The van der Waals surface area contributed by atoms with Crippen molar-refractivity contribution in [2.24, 2.45) is 5.10 Å². The van der Waals surface area contributed by atoms with E-state index in [1.54, 1.807) is 6.07 Å². The van der Waals surface area contributed by atoms with Crippen LogP contribution in [0.3, 0.4) is 0 Å². The van der Waals surface area contributed by atoms with Gasteiger partial charge < -0.3 is 9.47 Å². The van der Waals surface area contributed by atoms with Gasteiger partial charge in [0, 0.05) is 15.4 Å². The van der Waals surface area contributed by atoms with Crippen molar-refractivity contribution in [2.75, 3.05) is 18.6 Å². The van der Waals surface area contributed by atoms with Crippen molar-refractivity contribution in [3.05, 3.63) is 86.9 Å². The summed E-state index contributed by atoms with van der Waals surface area (Å²) in [4.78, 5) is 15.8. The molecule has 0 saturated carbocycles. The minimum absolute atomic E-state index is 0.121. The lowest BCUT2D eigenvalue weighted by atomic mass is 10.0. The summed E-state index contributed by atoms with van der Waals surface area (Å²) in [6.07, 6.45) is 1.39. The number of nitrogens with one attached hydrogen (secondary N) is 1. The van der Waals surface area contributed by atoms with Crippen LogP contribution < -0.4 is 14.9 Å². The first-order valence-electron chi connectivity index (χ1n) is 10.1. The fraction of sp³-hybridized carbons (Fsp3) is 0.0833. The SMILES string of the molecule is O=[N+]([O-])c1cc2c(cc1/C=N\Nc1nc3ccc(Br)cc3cc1-c1ccccc1)OCCO2. The van der Waals surface area contributed by atoms with E-state index >= 15 is 0 Å². The van der Waals surface area contributed by atoms with Gasteiger partial charge in [0.05, 0.1) is 28.3 Å². The number of hydrazone groups is 1. The average Bonchev–Trinajstić information content (AvgIpc) is 2.83. The van der Waals surface area contributed by atoms with Crippen molar-refractivity contribution in [1.82, 2.24) is 4.98 Å². The minimum atomic E-state index is -0.471. The Hall–Kier alpha value is -3.98. The predicted octanol–water partition coefficient (Wildman–Crippen LogP) is 5.79. The Morgan fingerprint density at radius 3 is 2.55 bits per heavy atom. The molecule has 1 aliphatic heterocycles. The molecule has 0 spiro atoms. The highest BCUT2D eigenvalue weighted by Gasteiger charge is 2.21. The number of nitrogens with zero attached hydrogens (tertiary/aromatic N) is 3. The molecule has 1 aromatic heterocycles. The van der Waals surface area contributed by atoms with Crippen LogP contribution in [0.2, 0.25) is 0 Å². The molecule has 0 amide bonds. The van der Waals surface area contributed by atoms with Crippen LogP contribution in [-0.2, 0) is 0 Å².